The third-order valence-electron chi connectivity index (χ3n) is 5.06. The molecule has 0 radical (unpaired) electrons. The highest BCUT2D eigenvalue weighted by Gasteiger charge is 2.40. The highest BCUT2D eigenvalue weighted by atomic mass is 79.9. The van der Waals surface area contributed by atoms with E-state index in [-0.39, 0.29) is 28.8 Å². The van der Waals surface area contributed by atoms with Crippen LogP contribution in [0.15, 0.2) is 39.5 Å². The number of hydrogen-bond acceptors (Lipinski definition) is 4. The predicted molar refractivity (Wildman–Crippen MR) is 102 cm³/mol. The third kappa shape index (κ3) is 3.43. The first-order chi connectivity index (χ1) is 12.4. The van der Waals surface area contributed by atoms with E-state index in [1.807, 2.05) is 0 Å². The van der Waals surface area contributed by atoms with E-state index in [1.165, 1.54) is 13.5 Å². The van der Waals surface area contributed by atoms with Crippen LogP contribution >= 0.6 is 15.9 Å². The van der Waals surface area contributed by atoms with Crippen molar-refractivity contribution in [1.29, 1.82) is 0 Å². The summed E-state index contributed by atoms with van der Waals surface area (Å²) < 4.78 is 5.70. The molecule has 1 aromatic carbocycles. The van der Waals surface area contributed by atoms with Gasteiger partial charge in [0.05, 0.1) is 18.3 Å². The molecular weight excluding hydrogens is 398 g/mol. The molecule has 2 aliphatic rings. The van der Waals surface area contributed by atoms with Crippen LogP contribution in [0.1, 0.15) is 44.6 Å². The first kappa shape index (κ1) is 18.7. The van der Waals surface area contributed by atoms with Crippen molar-refractivity contribution in [3.05, 3.63) is 45.1 Å². The number of methoxy groups -OCH3 is 1. The van der Waals surface area contributed by atoms with Gasteiger partial charge in [-0.1, -0.05) is 35.2 Å². The van der Waals surface area contributed by atoms with Gasteiger partial charge in [-0.25, -0.2) is 4.79 Å². The van der Waals surface area contributed by atoms with E-state index in [2.05, 4.69) is 15.9 Å². The van der Waals surface area contributed by atoms with E-state index in [1.54, 1.807) is 36.1 Å². The topological polar surface area (TPSA) is 66.8 Å². The Labute approximate surface area is 161 Å². The Morgan fingerprint density at radius 3 is 2.65 bits per heavy atom. The fraction of sp³-hybridized carbons (Fsp3) is 0.400. The second-order valence-corrected chi connectivity index (χ2v) is 7.60. The van der Waals surface area contributed by atoms with Crippen LogP contribution in [0.2, 0.25) is 0 Å². The van der Waals surface area contributed by atoms with E-state index in [4.69, 9.17) is 4.74 Å². The van der Waals surface area contributed by atoms with Crippen LogP contribution < -0.4 is 0 Å². The molecule has 5 nitrogen and oxygen atoms in total. The number of phenolic OH excluding ortho intramolecular Hbond substituents is 1. The number of carbonyl (C=O) groups excluding carboxylic acids is 2. The maximum absolute atomic E-state index is 13.2. The minimum atomic E-state index is -0.533. The summed E-state index contributed by atoms with van der Waals surface area (Å²) in [6.45, 7) is 1.79. The molecule has 0 atom stereocenters. The normalized spacial score (nSPS) is 20.2. The fourth-order valence-corrected chi connectivity index (χ4v) is 4.15. The molecule has 0 aromatic heterocycles. The Balaban J connectivity index is 2.08. The number of amides is 1. The van der Waals surface area contributed by atoms with Gasteiger partial charge < -0.3 is 14.7 Å². The summed E-state index contributed by atoms with van der Waals surface area (Å²) in [6.07, 6.45) is 6.79. The first-order valence-electron chi connectivity index (χ1n) is 8.77. The molecule has 1 N–H and O–H groups in total. The van der Waals surface area contributed by atoms with E-state index in [9.17, 15) is 14.7 Å². The van der Waals surface area contributed by atoms with Gasteiger partial charge >= 0.3 is 5.97 Å². The lowest BCUT2D eigenvalue weighted by molar-refractivity contribution is -0.136. The van der Waals surface area contributed by atoms with Gasteiger partial charge in [0.15, 0.2) is 0 Å². The van der Waals surface area contributed by atoms with Crippen LogP contribution in [0.3, 0.4) is 0 Å². The van der Waals surface area contributed by atoms with Crippen LogP contribution in [-0.4, -0.2) is 35.0 Å². The summed E-state index contributed by atoms with van der Waals surface area (Å²) >= 11 is 3.37. The van der Waals surface area contributed by atoms with Gasteiger partial charge in [-0.2, -0.15) is 0 Å². The fourth-order valence-electron chi connectivity index (χ4n) is 3.77. The molecule has 1 aliphatic carbocycles. The number of esters is 1. The van der Waals surface area contributed by atoms with Crippen molar-refractivity contribution < 1.29 is 19.4 Å². The largest absolute Gasteiger partial charge is 0.507 e. The zero-order chi connectivity index (χ0) is 18.8. The molecule has 1 saturated carbocycles. The Kier molecular flexibility index (Phi) is 5.51. The van der Waals surface area contributed by atoms with Gasteiger partial charge in [-0.3, -0.25) is 4.79 Å². The van der Waals surface area contributed by atoms with Crippen LogP contribution in [0.4, 0.5) is 0 Å². The van der Waals surface area contributed by atoms with Crippen LogP contribution in [0.5, 0.6) is 5.75 Å². The van der Waals surface area contributed by atoms with Crippen molar-refractivity contribution in [2.75, 3.05) is 7.11 Å². The minimum absolute atomic E-state index is 0.0477. The number of ether oxygens (including phenoxy) is 1. The van der Waals surface area contributed by atoms with Crippen molar-refractivity contribution in [2.24, 2.45) is 0 Å². The summed E-state index contributed by atoms with van der Waals surface area (Å²) in [5, 5.41) is 10.1. The van der Waals surface area contributed by atoms with Gasteiger partial charge in [-0.15, -0.1) is 0 Å². The monoisotopic (exact) mass is 419 g/mol. The van der Waals surface area contributed by atoms with Crippen molar-refractivity contribution >= 4 is 33.9 Å². The molecule has 0 bridgehead atoms. The number of allylic oxidation sites excluding steroid dienone is 1. The first-order valence-corrected chi connectivity index (χ1v) is 9.56. The van der Waals surface area contributed by atoms with E-state index >= 15 is 0 Å². The number of carbonyl (C=O) groups is 2. The van der Waals surface area contributed by atoms with Crippen molar-refractivity contribution in [3.63, 3.8) is 0 Å². The molecule has 1 aromatic rings. The van der Waals surface area contributed by atoms with E-state index < -0.39 is 5.97 Å². The molecule has 0 unspecified atom stereocenters. The quantitative estimate of drug-likeness (QED) is 0.589. The van der Waals surface area contributed by atoms with Crippen molar-refractivity contribution in [3.8, 4) is 5.75 Å². The second-order valence-electron chi connectivity index (χ2n) is 6.68. The van der Waals surface area contributed by atoms with E-state index in [0.29, 0.717) is 11.3 Å². The predicted octanol–water partition coefficient (Wildman–Crippen LogP) is 4.16. The molecule has 138 valence electrons. The Hall–Kier alpha value is -2.08. The smallest absolute Gasteiger partial charge is 0.340 e. The molecule has 3 rings (SSSR count). The molecule has 1 fully saturated rings. The van der Waals surface area contributed by atoms with Crippen molar-refractivity contribution in [1.82, 2.24) is 4.90 Å². The zero-order valence-corrected chi connectivity index (χ0v) is 16.5. The maximum Gasteiger partial charge on any atom is 0.340 e. The summed E-state index contributed by atoms with van der Waals surface area (Å²) in [5.74, 6) is -0.685. The van der Waals surface area contributed by atoms with Crippen molar-refractivity contribution in [2.45, 2.75) is 45.1 Å². The number of hydrogen-bond donors (Lipinski definition) is 1. The highest BCUT2D eigenvalue weighted by Crippen LogP contribution is 2.37. The van der Waals surface area contributed by atoms with Gasteiger partial charge in [0.25, 0.3) is 5.91 Å². The van der Waals surface area contributed by atoms with Gasteiger partial charge in [0.2, 0.25) is 0 Å². The minimum Gasteiger partial charge on any atom is -0.507 e. The number of rotatable bonds is 3. The van der Waals surface area contributed by atoms with E-state index in [0.717, 1.165) is 30.2 Å². The summed E-state index contributed by atoms with van der Waals surface area (Å²) in [7, 11) is 1.31. The lowest BCUT2D eigenvalue weighted by Gasteiger charge is -2.32. The molecule has 26 heavy (non-hydrogen) atoms. The van der Waals surface area contributed by atoms with Crippen LogP contribution in [-0.2, 0) is 14.3 Å². The standard InChI is InChI=1S/C20H22BrNO4/c1-12-18(20(25)26-2)16(11-13-10-14(21)8-9-17(13)23)19(24)22(12)15-6-4-3-5-7-15/h8-11,15,23H,3-7H2,1-2H3/b16-11-. The average molecular weight is 420 g/mol. The van der Waals surface area contributed by atoms with Crippen LogP contribution in [0, 0.1) is 0 Å². The summed E-state index contributed by atoms with van der Waals surface area (Å²) in [5.41, 5.74) is 1.66. The maximum atomic E-state index is 13.2. The number of phenols is 1. The molecule has 1 aliphatic heterocycles. The van der Waals surface area contributed by atoms with Gasteiger partial charge in [-0.05, 0) is 44.0 Å². The average Bonchev–Trinajstić information content (AvgIpc) is 2.88. The van der Waals surface area contributed by atoms with Crippen LogP contribution in [0.25, 0.3) is 6.08 Å². The summed E-state index contributed by atoms with van der Waals surface area (Å²) in [6, 6.07) is 5.08. The van der Waals surface area contributed by atoms with Gasteiger partial charge in [0.1, 0.15) is 5.75 Å². The molecular formula is C20H22BrNO4. The third-order valence-corrected chi connectivity index (χ3v) is 5.55. The second kappa shape index (κ2) is 7.66. The van der Waals surface area contributed by atoms with Gasteiger partial charge in [0, 0.05) is 21.8 Å². The highest BCUT2D eigenvalue weighted by molar-refractivity contribution is 9.10. The number of nitrogens with zero attached hydrogens (tertiary/aromatic N) is 1. The number of benzene rings is 1. The Morgan fingerprint density at radius 1 is 1.31 bits per heavy atom. The number of halogens is 1. The lowest BCUT2D eigenvalue weighted by Crippen LogP contribution is -2.37. The lowest BCUT2D eigenvalue weighted by atomic mass is 9.94. The molecule has 1 amide bonds. The number of aromatic hydroxyl groups is 1. The molecule has 0 saturated heterocycles. The molecule has 0 spiro atoms. The molecule has 6 heteroatoms. The molecule has 1 heterocycles. The summed E-state index contributed by atoms with van der Waals surface area (Å²) in [4.78, 5) is 27.3. The Morgan fingerprint density at radius 2 is 2.00 bits per heavy atom. The zero-order valence-electron chi connectivity index (χ0n) is 14.9. The SMILES string of the molecule is COC(=O)C1=C(C)N(C2CCCCC2)C(=O)/C1=C\c1cc(Br)ccc1O. The Bertz CT molecular complexity index is 806.